The van der Waals surface area contributed by atoms with E-state index in [0.29, 0.717) is 24.9 Å². The van der Waals surface area contributed by atoms with Crippen molar-refractivity contribution in [1.29, 1.82) is 0 Å². The molecule has 32 heavy (non-hydrogen) atoms. The molecule has 1 amide bonds. The molecule has 2 aromatic carbocycles. The molecule has 0 radical (unpaired) electrons. The maximum atomic E-state index is 14.0. The molecule has 5 nitrogen and oxygen atoms in total. The molecule has 1 saturated carbocycles. The molecule has 2 heterocycles. The van der Waals surface area contributed by atoms with Crippen molar-refractivity contribution in [2.24, 2.45) is 0 Å². The lowest BCUT2D eigenvalue weighted by Gasteiger charge is -2.37. The highest BCUT2D eigenvalue weighted by Gasteiger charge is 2.36. The number of fused-ring (bicyclic) bond motifs is 1. The molecule has 2 aliphatic rings. The van der Waals surface area contributed by atoms with Crippen molar-refractivity contribution in [3.05, 3.63) is 58.3 Å². The van der Waals surface area contributed by atoms with Crippen LogP contribution in [0.3, 0.4) is 0 Å². The van der Waals surface area contributed by atoms with Crippen LogP contribution in [0.5, 0.6) is 0 Å². The van der Waals surface area contributed by atoms with Gasteiger partial charge in [-0.2, -0.15) is 0 Å². The molecule has 5 rings (SSSR count). The normalized spacial score (nSPS) is 24.3. The number of anilines is 1. The first-order valence-corrected chi connectivity index (χ1v) is 11.8. The van der Waals surface area contributed by atoms with Crippen LogP contribution in [0.2, 0.25) is 0 Å². The summed E-state index contributed by atoms with van der Waals surface area (Å²) in [6.45, 7) is 0. The van der Waals surface area contributed by atoms with Gasteiger partial charge < -0.3 is 14.6 Å². The minimum atomic E-state index is -0.974. The Kier molecular flexibility index (Phi) is 5.75. The number of benzene rings is 2. The van der Waals surface area contributed by atoms with Crippen molar-refractivity contribution in [3.8, 4) is 0 Å². The topological polar surface area (TPSA) is 58.4 Å². The van der Waals surface area contributed by atoms with Gasteiger partial charge in [0, 0.05) is 28.7 Å². The van der Waals surface area contributed by atoms with E-state index in [9.17, 15) is 18.7 Å². The molecule has 1 aliphatic carbocycles. The third kappa shape index (κ3) is 3.83. The highest BCUT2D eigenvalue weighted by Crippen LogP contribution is 2.41. The minimum Gasteiger partial charge on any atom is -0.393 e. The fourth-order valence-corrected chi connectivity index (χ4v) is 5.45. The van der Waals surface area contributed by atoms with Gasteiger partial charge in [0.15, 0.2) is 11.6 Å². The van der Waals surface area contributed by atoms with E-state index < -0.39 is 11.6 Å². The quantitative estimate of drug-likeness (QED) is 0.490. The Bertz CT molecular complexity index is 1170. The maximum absolute atomic E-state index is 14.0. The Hall–Kier alpha value is -2.32. The summed E-state index contributed by atoms with van der Waals surface area (Å²) < 4.78 is 30.8. The molecule has 1 aromatic heterocycles. The Balaban J connectivity index is 1.65. The molecule has 8 heteroatoms. The molecule has 1 atom stereocenters. The molecule has 1 saturated heterocycles. The van der Waals surface area contributed by atoms with Crippen LogP contribution < -0.4 is 4.90 Å². The van der Waals surface area contributed by atoms with Crippen molar-refractivity contribution in [2.75, 3.05) is 4.90 Å². The Morgan fingerprint density at radius 3 is 2.53 bits per heavy atom. The standard InChI is InChI=1S/C24H24BrF2N3O2/c25-14-4-11-21-20(12-14)28-24(30(21)15-5-8-17(31)9-6-15)22-2-1-3-23(32)29(22)16-7-10-18(26)19(27)13-16/h4,7,10-13,15,17,22,31H,1-3,5-6,8-9H2/t15-,17-,22-/m0/s1. The van der Waals surface area contributed by atoms with Gasteiger partial charge in [-0.15, -0.1) is 0 Å². The first-order valence-electron chi connectivity index (χ1n) is 11.0. The van der Waals surface area contributed by atoms with Gasteiger partial charge in [0.05, 0.1) is 23.2 Å². The number of aliphatic hydroxyl groups is 1. The van der Waals surface area contributed by atoms with Gasteiger partial charge in [-0.3, -0.25) is 4.79 Å². The number of piperidine rings is 1. The number of aromatic nitrogens is 2. The third-order valence-corrected chi connectivity index (χ3v) is 7.13. The smallest absolute Gasteiger partial charge is 0.227 e. The number of nitrogens with zero attached hydrogens (tertiary/aromatic N) is 3. The second-order valence-corrected chi connectivity index (χ2v) is 9.62. The van der Waals surface area contributed by atoms with Gasteiger partial charge in [-0.25, -0.2) is 13.8 Å². The number of hydrogen-bond donors (Lipinski definition) is 1. The molecular weight excluding hydrogens is 480 g/mol. The zero-order chi connectivity index (χ0) is 22.4. The summed E-state index contributed by atoms with van der Waals surface area (Å²) >= 11 is 3.51. The molecule has 1 aliphatic heterocycles. The number of rotatable bonds is 3. The molecule has 168 valence electrons. The highest BCUT2D eigenvalue weighted by atomic mass is 79.9. The van der Waals surface area contributed by atoms with E-state index in [2.05, 4.69) is 20.5 Å². The average Bonchev–Trinajstić information content (AvgIpc) is 3.14. The van der Waals surface area contributed by atoms with Crippen LogP contribution in [0.25, 0.3) is 11.0 Å². The summed E-state index contributed by atoms with van der Waals surface area (Å²) in [4.78, 5) is 19.5. The molecule has 3 aromatic rings. The third-order valence-electron chi connectivity index (χ3n) is 6.64. The van der Waals surface area contributed by atoms with Crippen LogP contribution in [0, 0.1) is 11.6 Å². The molecule has 0 unspecified atom stereocenters. The van der Waals surface area contributed by atoms with Crippen LogP contribution in [-0.4, -0.2) is 26.7 Å². The van der Waals surface area contributed by atoms with E-state index in [1.807, 2.05) is 18.2 Å². The van der Waals surface area contributed by atoms with Crippen LogP contribution in [-0.2, 0) is 4.79 Å². The number of imidazole rings is 1. The van der Waals surface area contributed by atoms with E-state index in [4.69, 9.17) is 4.98 Å². The van der Waals surface area contributed by atoms with Crippen LogP contribution >= 0.6 is 15.9 Å². The number of amides is 1. The van der Waals surface area contributed by atoms with Crippen LogP contribution in [0.4, 0.5) is 14.5 Å². The first-order chi connectivity index (χ1) is 15.4. The van der Waals surface area contributed by atoms with Gasteiger partial charge >= 0.3 is 0 Å². The average molecular weight is 504 g/mol. The summed E-state index contributed by atoms with van der Waals surface area (Å²) in [5.74, 6) is -1.27. The van der Waals surface area contributed by atoms with E-state index in [-0.39, 0.29) is 24.1 Å². The summed E-state index contributed by atoms with van der Waals surface area (Å²) in [5, 5.41) is 10.0. The van der Waals surface area contributed by atoms with Gasteiger partial charge in [-0.1, -0.05) is 15.9 Å². The van der Waals surface area contributed by atoms with Gasteiger partial charge in [0.1, 0.15) is 5.82 Å². The molecule has 2 fully saturated rings. The van der Waals surface area contributed by atoms with E-state index in [1.165, 1.54) is 6.07 Å². The van der Waals surface area contributed by atoms with E-state index >= 15 is 0 Å². The summed E-state index contributed by atoms with van der Waals surface area (Å²) in [7, 11) is 0. The van der Waals surface area contributed by atoms with Gasteiger partial charge in [0.25, 0.3) is 0 Å². The number of halogens is 3. The minimum absolute atomic E-state index is 0.119. The molecule has 1 N–H and O–H groups in total. The zero-order valence-corrected chi connectivity index (χ0v) is 19.1. The number of hydrogen-bond acceptors (Lipinski definition) is 3. The van der Waals surface area contributed by atoms with Crippen molar-refractivity contribution in [2.45, 2.75) is 63.1 Å². The van der Waals surface area contributed by atoms with Crippen molar-refractivity contribution in [1.82, 2.24) is 9.55 Å². The Morgan fingerprint density at radius 1 is 1.00 bits per heavy atom. The van der Waals surface area contributed by atoms with Crippen molar-refractivity contribution < 1.29 is 18.7 Å². The predicted molar refractivity (Wildman–Crippen MR) is 121 cm³/mol. The van der Waals surface area contributed by atoms with Crippen molar-refractivity contribution >= 4 is 38.6 Å². The summed E-state index contributed by atoms with van der Waals surface area (Å²) in [6.07, 6.45) is 4.55. The molecular formula is C24H24BrF2N3O2. The molecule has 0 spiro atoms. The Morgan fingerprint density at radius 2 is 1.78 bits per heavy atom. The fourth-order valence-electron chi connectivity index (χ4n) is 5.10. The maximum Gasteiger partial charge on any atom is 0.227 e. The van der Waals surface area contributed by atoms with E-state index in [1.54, 1.807) is 4.90 Å². The fraction of sp³-hybridized carbons (Fsp3) is 0.417. The predicted octanol–water partition coefficient (Wildman–Crippen LogP) is 5.81. The van der Waals surface area contributed by atoms with Gasteiger partial charge in [-0.05, 0) is 68.9 Å². The largest absolute Gasteiger partial charge is 0.393 e. The lowest BCUT2D eigenvalue weighted by molar-refractivity contribution is -0.120. The lowest BCUT2D eigenvalue weighted by Crippen LogP contribution is -2.40. The summed E-state index contributed by atoms with van der Waals surface area (Å²) in [5.41, 5.74) is 2.15. The second kappa shape index (κ2) is 8.56. The Labute approximate surface area is 193 Å². The number of aliphatic hydroxyl groups excluding tert-OH is 1. The molecule has 0 bridgehead atoms. The SMILES string of the molecule is O=C1CCC[C@@H](c2nc3cc(Br)ccc3n2[C@H]2CC[C@H](O)CC2)N1c1ccc(F)c(F)c1. The van der Waals surface area contributed by atoms with Crippen molar-refractivity contribution in [3.63, 3.8) is 0 Å². The number of carbonyl (C=O) groups is 1. The summed E-state index contributed by atoms with van der Waals surface area (Å²) in [6, 6.07) is 9.34. The van der Waals surface area contributed by atoms with E-state index in [0.717, 1.165) is 59.1 Å². The zero-order valence-electron chi connectivity index (χ0n) is 17.5. The lowest BCUT2D eigenvalue weighted by atomic mass is 9.92. The number of carbonyl (C=O) groups excluding carboxylic acids is 1. The first kappa shape index (κ1) is 21.5. The monoisotopic (exact) mass is 503 g/mol. The van der Waals surface area contributed by atoms with Gasteiger partial charge in [0.2, 0.25) is 5.91 Å². The second-order valence-electron chi connectivity index (χ2n) is 8.71. The highest BCUT2D eigenvalue weighted by molar-refractivity contribution is 9.10. The van der Waals surface area contributed by atoms with Crippen LogP contribution in [0.1, 0.15) is 62.9 Å². The van der Waals surface area contributed by atoms with Crippen LogP contribution in [0.15, 0.2) is 40.9 Å².